The summed E-state index contributed by atoms with van der Waals surface area (Å²) in [6.45, 7) is 2.61. The van der Waals surface area contributed by atoms with Gasteiger partial charge in [-0.05, 0) is 41.3 Å². The number of nitrogens with two attached hydrogens (primary N) is 1. The van der Waals surface area contributed by atoms with Crippen LogP contribution in [0, 0.1) is 6.92 Å². The summed E-state index contributed by atoms with van der Waals surface area (Å²) in [5.41, 5.74) is 10.4. The second-order valence-corrected chi connectivity index (χ2v) is 4.05. The van der Waals surface area contributed by atoms with E-state index in [1.807, 2.05) is 25.1 Å². The molecule has 2 aromatic rings. The summed E-state index contributed by atoms with van der Waals surface area (Å²) < 4.78 is 5.27. The van der Waals surface area contributed by atoms with Crippen LogP contribution in [0.1, 0.15) is 11.1 Å². The van der Waals surface area contributed by atoms with Crippen LogP contribution >= 0.6 is 12.4 Å². The molecule has 0 heterocycles. The molecular formula is C15H18ClNO. The molecule has 0 atom stereocenters. The van der Waals surface area contributed by atoms with E-state index in [0.717, 1.165) is 16.9 Å². The highest BCUT2D eigenvalue weighted by atomic mass is 35.5. The smallest absolute Gasteiger partial charge is 0.121 e. The predicted octanol–water partition coefficient (Wildman–Crippen LogP) is 3.55. The van der Waals surface area contributed by atoms with Crippen LogP contribution in [-0.4, -0.2) is 7.11 Å². The zero-order valence-corrected chi connectivity index (χ0v) is 11.5. The third-order valence-corrected chi connectivity index (χ3v) is 2.94. The molecule has 0 saturated heterocycles. The van der Waals surface area contributed by atoms with E-state index < -0.39 is 0 Å². The number of aryl methyl sites for hydroxylation is 1. The molecule has 2 rings (SSSR count). The standard InChI is InChI=1S/C15H17NO.ClH/c1-11-9-12(7-8-15(11)17-2)14-6-4-3-5-13(14)10-16;/h3-9H,10,16H2,1-2H3;1H. The Labute approximate surface area is 114 Å². The Bertz CT molecular complexity index is 526. The highest BCUT2D eigenvalue weighted by molar-refractivity contribution is 5.85. The second kappa shape index (κ2) is 6.43. The minimum absolute atomic E-state index is 0. The maximum atomic E-state index is 5.76. The summed E-state index contributed by atoms with van der Waals surface area (Å²) in [5.74, 6) is 0.916. The Morgan fingerprint density at radius 1 is 1.11 bits per heavy atom. The largest absolute Gasteiger partial charge is 0.496 e. The molecule has 0 aromatic heterocycles. The van der Waals surface area contributed by atoms with E-state index in [1.54, 1.807) is 7.11 Å². The summed E-state index contributed by atoms with van der Waals surface area (Å²) in [5, 5.41) is 0. The van der Waals surface area contributed by atoms with Crippen LogP contribution in [-0.2, 0) is 6.54 Å². The first-order valence-electron chi connectivity index (χ1n) is 5.69. The first kappa shape index (κ1) is 14.6. The fraction of sp³-hybridized carbons (Fsp3) is 0.200. The van der Waals surface area contributed by atoms with Gasteiger partial charge in [0.1, 0.15) is 5.75 Å². The van der Waals surface area contributed by atoms with E-state index in [0.29, 0.717) is 6.54 Å². The number of halogens is 1. The zero-order valence-electron chi connectivity index (χ0n) is 10.6. The van der Waals surface area contributed by atoms with Gasteiger partial charge in [-0.3, -0.25) is 0 Å². The Morgan fingerprint density at radius 2 is 1.83 bits per heavy atom. The van der Waals surface area contributed by atoms with Crippen molar-refractivity contribution in [3.63, 3.8) is 0 Å². The fourth-order valence-corrected chi connectivity index (χ4v) is 2.03. The third kappa shape index (κ3) is 2.84. The molecule has 2 aromatic carbocycles. The van der Waals surface area contributed by atoms with Gasteiger partial charge in [0.05, 0.1) is 7.11 Å². The van der Waals surface area contributed by atoms with Gasteiger partial charge in [-0.1, -0.05) is 30.3 Å². The van der Waals surface area contributed by atoms with Crippen LogP contribution in [0.4, 0.5) is 0 Å². The van der Waals surface area contributed by atoms with Gasteiger partial charge < -0.3 is 10.5 Å². The molecule has 2 N–H and O–H groups in total. The SMILES string of the molecule is COc1ccc(-c2ccccc2CN)cc1C.Cl. The van der Waals surface area contributed by atoms with E-state index in [2.05, 4.69) is 24.3 Å². The lowest BCUT2D eigenvalue weighted by atomic mass is 9.98. The van der Waals surface area contributed by atoms with E-state index in [4.69, 9.17) is 10.5 Å². The molecule has 0 bridgehead atoms. The Morgan fingerprint density at radius 3 is 2.44 bits per heavy atom. The molecular weight excluding hydrogens is 246 g/mol. The van der Waals surface area contributed by atoms with Crippen LogP contribution in [0.2, 0.25) is 0 Å². The van der Waals surface area contributed by atoms with Crippen molar-refractivity contribution in [1.82, 2.24) is 0 Å². The maximum Gasteiger partial charge on any atom is 0.121 e. The molecule has 0 unspecified atom stereocenters. The number of ether oxygens (including phenoxy) is 1. The topological polar surface area (TPSA) is 35.2 Å². The van der Waals surface area contributed by atoms with E-state index >= 15 is 0 Å². The second-order valence-electron chi connectivity index (χ2n) is 4.05. The van der Waals surface area contributed by atoms with Crippen molar-refractivity contribution in [2.75, 3.05) is 7.11 Å². The van der Waals surface area contributed by atoms with Crippen molar-refractivity contribution in [2.45, 2.75) is 13.5 Å². The van der Waals surface area contributed by atoms with Gasteiger partial charge in [0, 0.05) is 6.54 Å². The number of benzene rings is 2. The summed E-state index contributed by atoms with van der Waals surface area (Å²) in [6.07, 6.45) is 0. The molecule has 0 saturated carbocycles. The van der Waals surface area contributed by atoms with Crippen LogP contribution in [0.3, 0.4) is 0 Å². The number of rotatable bonds is 3. The molecule has 0 aliphatic heterocycles. The van der Waals surface area contributed by atoms with Crippen molar-refractivity contribution in [2.24, 2.45) is 5.73 Å². The predicted molar refractivity (Wildman–Crippen MR) is 78.3 cm³/mol. The minimum Gasteiger partial charge on any atom is -0.496 e. The van der Waals surface area contributed by atoms with Gasteiger partial charge in [0.2, 0.25) is 0 Å². The van der Waals surface area contributed by atoms with Crippen molar-refractivity contribution in [1.29, 1.82) is 0 Å². The average Bonchev–Trinajstić information content (AvgIpc) is 2.38. The highest BCUT2D eigenvalue weighted by Gasteiger charge is 2.05. The lowest BCUT2D eigenvalue weighted by Gasteiger charge is -2.10. The van der Waals surface area contributed by atoms with E-state index in [9.17, 15) is 0 Å². The Balaban J connectivity index is 0.00000162. The van der Waals surface area contributed by atoms with Crippen molar-refractivity contribution in [3.8, 4) is 16.9 Å². The molecule has 0 fully saturated rings. The number of hydrogen-bond acceptors (Lipinski definition) is 2. The lowest BCUT2D eigenvalue weighted by Crippen LogP contribution is -1.98. The van der Waals surface area contributed by atoms with Gasteiger partial charge in [0.25, 0.3) is 0 Å². The molecule has 0 amide bonds. The van der Waals surface area contributed by atoms with Crippen molar-refractivity contribution < 1.29 is 4.74 Å². The molecule has 18 heavy (non-hydrogen) atoms. The normalized spacial score (nSPS) is 9.72. The minimum atomic E-state index is 0. The van der Waals surface area contributed by atoms with Gasteiger partial charge in [-0.15, -0.1) is 12.4 Å². The third-order valence-electron chi connectivity index (χ3n) is 2.94. The molecule has 0 aliphatic rings. The van der Waals surface area contributed by atoms with Crippen molar-refractivity contribution in [3.05, 3.63) is 53.6 Å². The van der Waals surface area contributed by atoms with Crippen LogP contribution in [0.15, 0.2) is 42.5 Å². The zero-order chi connectivity index (χ0) is 12.3. The molecule has 96 valence electrons. The first-order chi connectivity index (χ1) is 8.26. The number of methoxy groups -OCH3 is 1. The fourth-order valence-electron chi connectivity index (χ4n) is 2.03. The van der Waals surface area contributed by atoms with Crippen molar-refractivity contribution >= 4 is 12.4 Å². The van der Waals surface area contributed by atoms with Gasteiger partial charge in [-0.2, -0.15) is 0 Å². The van der Waals surface area contributed by atoms with E-state index in [1.165, 1.54) is 11.1 Å². The molecule has 3 heteroatoms. The summed E-state index contributed by atoms with van der Waals surface area (Å²) in [6, 6.07) is 14.4. The molecule has 2 nitrogen and oxygen atoms in total. The first-order valence-corrected chi connectivity index (χ1v) is 5.69. The number of hydrogen-bond donors (Lipinski definition) is 1. The molecule has 0 radical (unpaired) electrons. The van der Waals surface area contributed by atoms with Gasteiger partial charge in [0.15, 0.2) is 0 Å². The summed E-state index contributed by atoms with van der Waals surface area (Å²) in [4.78, 5) is 0. The molecule has 0 spiro atoms. The highest BCUT2D eigenvalue weighted by Crippen LogP contribution is 2.28. The Hall–Kier alpha value is -1.51. The maximum absolute atomic E-state index is 5.76. The molecule has 0 aliphatic carbocycles. The lowest BCUT2D eigenvalue weighted by molar-refractivity contribution is 0.412. The van der Waals surface area contributed by atoms with Gasteiger partial charge >= 0.3 is 0 Å². The van der Waals surface area contributed by atoms with Crippen LogP contribution in [0.5, 0.6) is 5.75 Å². The quantitative estimate of drug-likeness (QED) is 0.919. The summed E-state index contributed by atoms with van der Waals surface area (Å²) >= 11 is 0. The van der Waals surface area contributed by atoms with Gasteiger partial charge in [-0.25, -0.2) is 0 Å². The Kier molecular flexibility index (Phi) is 5.20. The van der Waals surface area contributed by atoms with Crippen LogP contribution in [0.25, 0.3) is 11.1 Å². The van der Waals surface area contributed by atoms with E-state index in [-0.39, 0.29) is 12.4 Å². The summed E-state index contributed by atoms with van der Waals surface area (Å²) in [7, 11) is 1.69. The van der Waals surface area contributed by atoms with Crippen LogP contribution < -0.4 is 10.5 Å². The monoisotopic (exact) mass is 263 g/mol. The average molecular weight is 264 g/mol.